The zero-order valence-corrected chi connectivity index (χ0v) is 10.8. The number of ether oxygens (including phenoxy) is 2. The van der Waals surface area contributed by atoms with E-state index >= 15 is 0 Å². The third kappa shape index (κ3) is 2.57. The summed E-state index contributed by atoms with van der Waals surface area (Å²) in [6, 6.07) is 5.25. The van der Waals surface area contributed by atoms with E-state index < -0.39 is 6.10 Å². The van der Waals surface area contributed by atoms with Gasteiger partial charge in [-0.15, -0.1) is 0 Å². The van der Waals surface area contributed by atoms with E-state index in [1.54, 1.807) is 25.3 Å². The quantitative estimate of drug-likeness (QED) is 0.904. The largest absolute Gasteiger partial charge is 0.496 e. The molecule has 1 saturated heterocycles. The molecule has 0 spiro atoms. The van der Waals surface area contributed by atoms with E-state index in [9.17, 15) is 5.11 Å². The SMILES string of the molecule is COc1ccc(Cl)cc1C(O)C1OCCC1C. The lowest BCUT2D eigenvalue weighted by Crippen LogP contribution is -2.23. The minimum Gasteiger partial charge on any atom is -0.496 e. The van der Waals surface area contributed by atoms with E-state index in [1.807, 2.05) is 0 Å². The average molecular weight is 257 g/mol. The van der Waals surface area contributed by atoms with Gasteiger partial charge in [-0.3, -0.25) is 0 Å². The van der Waals surface area contributed by atoms with Gasteiger partial charge in [0.1, 0.15) is 11.9 Å². The summed E-state index contributed by atoms with van der Waals surface area (Å²) in [6.45, 7) is 2.78. The Morgan fingerprint density at radius 1 is 1.53 bits per heavy atom. The predicted molar refractivity (Wildman–Crippen MR) is 66.5 cm³/mol. The molecule has 3 nitrogen and oxygen atoms in total. The van der Waals surface area contributed by atoms with Gasteiger partial charge in [-0.25, -0.2) is 0 Å². The highest BCUT2D eigenvalue weighted by atomic mass is 35.5. The molecule has 4 heteroatoms. The van der Waals surface area contributed by atoms with Gasteiger partial charge in [0.2, 0.25) is 0 Å². The number of hydrogen-bond donors (Lipinski definition) is 1. The van der Waals surface area contributed by atoms with Crippen LogP contribution in [0.1, 0.15) is 25.0 Å². The molecule has 1 fully saturated rings. The third-order valence-electron chi connectivity index (χ3n) is 3.27. The molecular weight excluding hydrogens is 240 g/mol. The summed E-state index contributed by atoms with van der Waals surface area (Å²) in [5.41, 5.74) is 0.693. The number of rotatable bonds is 3. The van der Waals surface area contributed by atoms with Crippen molar-refractivity contribution in [3.8, 4) is 5.75 Å². The second kappa shape index (κ2) is 5.25. The van der Waals surface area contributed by atoms with Crippen LogP contribution >= 0.6 is 11.6 Å². The predicted octanol–water partition coefficient (Wildman–Crippen LogP) is 2.81. The maximum Gasteiger partial charge on any atom is 0.124 e. The summed E-state index contributed by atoms with van der Waals surface area (Å²) < 4.78 is 10.8. The second-order valence-electron chi connectivity index (χ2n) is 4.43. The smallest absolute Gasteiger partial charge is 0.124 e. The molecule has 1 aliphatic heterocycles. The van der Waals surface area contributed by atoms with Gasteiger partial charge in [-0.05, 0) is 30.5 Å². The molecule has 3 atom stereocenters. The Bertz CT molecular complexity index is 394. The van der Waals surface area contributed by atoms with Crippen LogP contribution in [0.4, 0.5) is 0 Å². The third-order valence-corrected chi connectivity index (χ3v) is 3.50. The van der Waals surface area contributed by atoms with Crippen LogP contribution in [0.3, 0.4) is 0 Å². The molecule has 1 heterocycles. The lowest BCUT2D eigenvalue weighted by Gasteiger charge is -2.23. The molecule has 1 aliphatic rings. The zero-order valence-electron chi connectivity index (χ0n) is 10.0. The first-order chi connectivity index (χ1) is 8.13. The van der Waals surface area contributed by atoms with Crippen LogP contribution in [-0.4, -0.2) is 24.9 Å². The summed E-state index contributed by atoms with van der Waals surface area (Å²) in [7, 11) is 1.58. The van der Waals surface area contributed by atoms with E-state index in [1.165, 1.54) is 0 Å². The molecule has 17 heavy (non-hydrogen) atoms. The Balaban J connectivity index is 2.28. The first-order valence-electron chi connectivity index (χ1n) is 5.76. The normalized spacial score (nSPS) is 25.9. The molecule has 1 N–H and O–H groups in total. The first kappa shape index (κ1) is 12.7. The minimum absolute atomic E-state index is 0.178. The molecule has 94 valence electrons. The molecule has 3 unspecified atom stereocenters. The Labute approximate surface area is 106 Å². The Hall–Kier alpha value is -0.770. The fraction of sp³-hybridized carbons (Fsp3) is 0.538. The monoisotopic (exact) mass is 256 g/mol. The molecule has 1 aromatic rings. The molecule has 0 aromatic heterocycles. The lowest BCUT2D eigenvalue weighted by molar-refractivity contribution is -0.0187. The molecular formula is C13H17ClO3. The van der Waals surface area contributed by atoms with Gasteiger partial charge in [0, 0.05) is 17.2 Å². The molecule has 0 radical (unpaired) electrons. The standard InChI is InChI=1S/C13H17ClO3/c1-8-5-6-17-13(8)12(15)10-7-9(14)3-4-11(10)16-2/h3-4,7-8,12-13,15H,5-6H2,1-2H3. The molecule has 0 amide bonds. The van der Waals surface area contributed by atoms with Gasteiger partial charge >= 0.3 is 0 Å². The van der Waals surface area contributed by atoms with E-state index in [2.05, 4.69) is 6.92 Å². The van der Waals surface area contributed by atoms with Crippen LogP contribution in [0.25, 0.3) is 0 Å². The number of methoxy groups -OCH3 is 1. The van der Waals surface area contributed by atoms with Crippen LogP contribution in [0.5, 0.6) is 5.75 Å². The van der Waals surface area contributed by atoms with Crippen molar-refractivity contribution in [3.63, 3.8) is 0 Å². The van der Waals surface area contributed by atoms with E-state index in [-0.39, 0.29) is 6.10 Å². The second-order valence-corrected chi connectivity index (χ2v) is 4.87. The highest BCUT2D eigenvalue weighted by Gasteiger charge is 2.33. The van der Waals surface area contributed by atoms with E-state index in [4.69, 9.17) is 21.1 Å². The minimum atomic E-state index is -0.693. The lowest BCUT2D eigenvalue weighted by atomic mass is 9.94. The average Bonchev–Trinajstić information content (AvgIpc) is 2.74. The Morgan fingerprint density at radius 3 is 2.88 bits per heavy atom. The van der Waals surface area contributed by atoms with Crippen LogP contribution in [0, 0.1) is 5.92 Å². The van der Waals surface area contributed by atoms with Gasteiger partial charge < -0.3 is 14.6 Å². The molecule has 0 aliphatic carbocycles. The van der Waals surface area contributed by atoms with Crippen molar-refractivity contribution in [2.45, 2.75) is 25.6 Å². The summed E-state index contributed by atoms with van der Waals surface area (Å²) in [6.07, 6.45) is 0.105. The van der Waals surface area contributed by atoms with Crippen molar-refractivity contribution in [3.05, 3.63) is 28.8 Å². The highest BCUT2D eigenvalue weighted by Crippen LogP contribution is 2.36. The highest BCUT2D eigenvalue weighted by molar-refractivity contribution is 6.30. The fourth-order valence-corrected chi connectivity index (χ4v) is 2.41. The van der Waals surface area contributed by atoms with E-state index in [0.29, 0.717) is 28.9 Å². The zero-order chi connectivity index (χ0) is 12.4. The maximum absolute atomic E-state index is 10.4. The van der Waals surface area contributed by atoms with Crippen molar-refractivity contribution in [2.75, 3.05) is 13.7 Å². The number of aliphatic hydroxyl groups excluding tert-OH is 1. The van der Waals surface area contributed by atoms with Crippen molar-refractivity contribution in [1.29, 1.82) is 0 Å². The fourth-order valence-electron chi connectivity index (χ4n) is 2.23. The summed E-state index contributed by atoms with van der Waals surface area (Å²) >= 11 is 5.95. The first-order valence-corrected chi connectivity index (χ1v) is 6.14. The summed E-state index contributed by atoms with van der Waals surface area (Å²) in [5.74, 6) is 0.985. The van der Waals surface area contributed by atoms with Crippen LogP contribution in [0.15, 0.2) is 18.2 Å². The van der Waals surface area contributed by atoms with Crippen LogP contribution in [-0.2, 0) is 4.74 Å². The number of aliphatic hydroxyl groups is 1. The molecule has 1 aromatic carbocycles. The van der Waals surface area contributed by atoms with E-state index in [0.717, 1.165) is 6.42 Å². The van der Waals surface area contributed by atoms with Gasteiger partial charge in [0.15, 0.2) is 0 Å². The number of hydrogen-bond acceptors (Lipinski definition) is 3. The van der Waals surface area contributed by atoms with Crippen molar-refractivity contribution >= 4 is 11.6 Å². The van der Waals surface area contributed by atoms with Gasteiger partial charge in [-0.2, -0.15) is 0 Å². The molecule has 2 rings (SSSR count). The van der Waals surface area contributed by atoms with Gasteiger partial charge in [-0.1, -0.05) is 18.5 Å². The van der Waals surface area contributed by atoms with Gasteiger partial charge in [0.25, 0.3) is 0 Å². The number of halogens is 1. The summed E-state index contributed by atoms with van der Waals surface area (Å²) in [4.78, 5) is 0. The molecule has 0 bridgehead atoms. The van der Waals surface area contributed by atoms with Crippen molar-refractivity contribution in [1.82, 2.24) is 0 Å². The van der Waals surface area contributed by atoms with Crippen LogP contribution < -0.4 is 4.74 Å². The molecule has 0 saturated carbocycles. The van der Waals surface area contributed by atoms with Crippen molar-refractivity contribution < 1.29 is 14.6 Å². The van der Waals surface area contributed by atoms with Crippen LogP contribution in [0.2, 0.25) is 5.02 Å². The topological polar surface area (TPSA) is 38.7 Å². The Kier molecular flexibility index (Phi) is 3.92. The summed E-state index contributed by atoms with van der Waals surface area (Å²) in [5, 5.41) is 11.0. The Morgan fingerprint density at radius 2 is 2.29 bits per heavy atom. The van der Waals surface area contributed by atoms with Crippen molar-refractivity contribution in [2.24, 2.45) is 5.92 Å². The maximum atomic E-state index is 10.4. The number of benzene rings is 1. The van der Waals surface area contributed by atoms with Gasteiger partial charge in [0.05, 0.1) is 13.2 Å².